The van der Waals surface area contributed by atoms with Gasteiger partial charge < -0.3 is 10.1 Å². The van der Waals surface area contributed by atoms with Crippen molar-refractivity contribution in [1.82, 2.24) is 5.32 Å². The Hall–Kier alpha value is -1.02. The van der Waals surface area contributed by atoms with Crippen molar-refractivity contribution in [3.05, 3.63) is 29.3 Å². The van der Waals surface area contributed by atoms with E-state index in [9.17, 15) is 0 Å². The second kappa shape index (κ2) is 5.35. The Morgan fingerprint density at radius 3 is 2.44 bits per heavy atom. The third-order valence-electron chi connectivity index (χ3n) is 2.75. The van der Waals surface area contributed by atoms with E-state index in [0.717, 1.165) is 18.7 Å². The van der Waals surface area contributed by atoms with Crippen molar-refractivity contribution < 1.29 is 4.74 Å². The molecule has 0 spiro atoms. The number of ether oxygens (including phenoxy) is 1. The molecule has 2 heteroatoms. The third-order valence-corrected chi connectivity index (χ3v) is 2.75. The molecule has 0 aliphatic rings. The number of hydrogen-bond acceptors (Lipinski definition) is 2. The van der Waals surface area contributed by atoms with Crippen molar-refractivity contribution in [2.24, 2.45) is 0 Å². The van der Waals surface area contributed by atoms with Crippen LogP contribution in [0.3, 0.4) is 0 Å². The van der Waals surface area contributed by atoms with Gasteiger partial charge in [0.15, 0.2) is 0 Å². The van der Waals surface area contributed by atoms with Crippen molar-refractivity contribution in [2.45, 2.75) is 32.6 Å². The molecule has 0 radical (unpaired) electrons. The lowest BCUT2D eigenvalue weighted by molar-refractivity contribution is 0.392. The molecule has 0 aromatic heterocycles. The molecular weight excluding hydrogens is 198 g/mol. The number of hydrogen-bond donors (Lipinski definition) is 1. The first-order chi connectivity index (χ1) is 7.50. The maximum Gasteiger partial charge on any atom is 0.125 e. The van der Waals surface area contributed by atoms with Crippen LogP contribution in [0.15, 0.2) is 18.2 Å². The largest absolute Gasteiger partial charge is 0.496 e. The molecule has 2 nitrogen and oxygen atoms in total. The Kier molecular flexibility index (Phi) is 4.36. The van der Waals surface area contributed by atoms with Crippen LogP contribution >= 0.6 is 0 Å². The number of methoxy groups -OCH3 is 1. The quantitative estimate of drug-likeness (QED) is 0.844. The zero-order valence-electron chi connectivity index (χ0n) is 11.1. The van der Waals surface area contributed by atoms with Crippen molar-refractivity contribution in [3.8, 4) is 5.75 Å². The summed E-state index contributed by atoms with van der Waals surface area (Å²) in [7, 11) is 3.73. The second-order valence-corrected chi connectivity index (χ2v) is 5.10. The molecule has 0 saturated carbocycles. The number of benzene rings is 1. The summed E-state index contributed by atoms with van der Waals surface area (Å²) in [6.45, 7) is 7.62. The zero-order chi connectivity index (χ0) is 12.2. The van der Waals surface area contributed by atoms with Gasteiger partial charge in [-0.15, -0.1) is 0 Å². The van der Waals surface area contributed by atoms with Crippen molar-refractivity contribution in [2.75, 3.05) is 20.7 Å². The molecule has 0 saturated heterocycles. The molecule has 0 unspecified atom stereocenters. The van der Waals surface area contributed by atoms with Crippen molar-refractivity contribution in [3.63, 3.8) is 0 Å². The summed E-state index contributed by atoms with van der Waals surface area (Å²) in [5.74, 6) is 1.05. The standard InChI is InChI=1S/C14H23NO/c1-14(2,3)12-8-6-7-11(9-10-15-4)13(12)16-5/h6-8,15H,9-10H2,1-5H3. The van der Waals surface area contributed by atoms with Gasteiger partial charge in [0.25, 0.3) is 0 Å². The van der Waals surface area contributed by atoms with Crippen LogP contribution < -0.4 is 10.1 Å². The van der Waals surface area contributed by atoms with Gasteiger partial charge in [0.1, 0.15) is 5.75 Å². The minimum absolute atomic E-state index is 0.126. The molecule has 0 aliphatic heterocycles. The Morgan fingerprint density at radius 2 is 1.94 bits per heavy atom. The summed E-state index contributed by atoms with van der Waals surface area (Å²) in [5, 5.41) is 3.17. The van der Waals surface area contributed by atoms with Crippen LogP contribution in [0.2, 0.25) is 0 Å². The van der Waals surface area contributed by atoms with E-state index in [1.54, 1.807) is 7.11 Å². The van der Waals surface area contributed by atoms with Gasteiger partial charge >= 0.3 is 0 Å². The van der Waals surface area contributed by atoms with Crippen LogP contribution in [0, 0.1) is 0 Å². The zero-order valence-corrected chi connectivity index (χ0v) is 11.1. The maximum atomic E-state index is 5.57. The fraction of sp³-hybridized carbons (Fsp3) is 0.571. The lowest BCUT2D eigenvalue weighted by Crippen LogP contribution is -2.16. The summed E-state index contributed by atoms with van der Waals surface area (Å²) < 4.78 is 5.57. The smallest absolute Gasteiger partial charge is 0.125 e. The van der Waals surface area contributed by atoms with Gasteiger partial charge in [-0.3, -0.25) is 0 Å². The fourth-order valence-electron chi connectivity index (χ4n) is 1.87. The van der Waals surface area contributed by atoms with Gasteiger partial charge in [-0.05, 0) is 36.6 Å². The van der Waals surface area contributed by atoms with E-state index in [-0.39, 0.29) is 5.41 Å². The van der Waals surface area contributed by atoms with E-state index < -0.39 is 0 Å². The average molecular weight is 221 g/mol. The molecule has 0 aliphatic carbocycles. The highest BCUT2D eigenvalue weighted by Gasteiger charge is 2.20. The van der Waals surface area contributed by atoms with Crippen LogP contribution in [0.4, 0.5) is 0 Å². The van der Waals surface area contributed by atoms with E-state index in [4.69, 9.17) is 4.74 Å². The SMILES string of the molecule is CNCCc1cccc(C(C)(C)C)c1OC. The van der Waals surface area contributed by atoms with Crippen LogP contribution in [0.25, 0.3) is 0 Å². The van der Waals surface area contributed by atoms with Crippen LogP contribution in [-0.2, 0) is 11.8 Å². The van der Waals surface area contributed by atoms with E-state index in [1.807, 2.05) is 7.05 Å². The number of para-hydroxylation sites is 1. The van der Waals surface area contributed by atoms with Gasteiger partial charge in [-0.1, -0.05) is 39.0 Å². The third kappa shape index (κ3) is 2.99. The molecular formula is C14H23NO. The van der Waals surface area contributed by atoms with Crippen LogP contribution in [0.5, 0.6) is 5.75 Å². The van der Waals surface area contributed by atoms with Crippen LogP contribution in [-0.4, -0.2) is 20.7 Å². The predicted molar refractivity (Wildman–Crippen MR) is 69.3 cm³/mol. The molecule has 1 rings (SSSR count). The molecule has 0 atom stereocenters. The number of nitrogens with one attached hydrogen (secondary N) is 1. The summed E-state index contributed by atoms with van der Waals surface area (Å²) in [6, 6.07) is 6.42. The highest BCUT2D eigenvalue weighted by Crippen LogP contribution is 2.33. The predicted octanol–water partition coefficient (Wildman–Crippen LogP) is 2.75. The van der Waals surface area contributed by atoms with E-state index in [0.29, 0.717) is 0 Å². The molecule has 0 bridgehead atoms. The van der Waals surface area contributed by atoms with E-state index in [2.05, 4.69) is 44.3 Å². The van der Waals surface area contributed by atoms with Crippen LogP contribution in [0.1, 0.15) is 31.9 Å². The highest BCUT2D eigenvalue weighted by molar-refractivity contribution is 5.45. The van der Waals surface area contributed by atoms with E-state index in [1.165, 1.54) is 11.1 Å². The summed E-state index contributed by atoms with van der Waals surface area (Å²) in [6.07, 6.45) is 1.00. The summed E-state index contributed by atoms with van der Waals surface area (Å²) in [5.41, 5.74) is 2.69. The minimum atomic E-state index is 0.126. The Morgan fingerprint density at radius 1 is 1.25 bits per heavy atom. The first kappa shape index (κ1) is 13.0. The maximum absolute atomic E-state index is 5.57. The molecule has 0 fully saturated rings. The van der Waals surface area contributed by atoms with Crippen molar-refractivity contribution >= 4 is 0 Å². The Bertz CT molecular complexity index is 339. The lowest BCUT2D eigenvalue weighted by Gasteiger charge is -2.23. The van der Waals surface area contributed by atoms with Gasteiger partial charge in [-0.25, -0.2) is 0 Å². The second-order valence-electron chi connectivity index (χ2n) is 5.10. The Labute approximate surface area is 99.0 Å². The fourth-order valence-corrected chi connectivity index (χ4v) is 1.87. The molecule has 16 heavy (non-hydrogen) atoms. The highest BCUT2D eigenvalue weighted by atomic mass is 16.5. The molecule has 1 aromatic rings. The van der Waals surface area contributed by atoms with Gasteiger partial charge in [0.2, 0.25) is 0 Å². The summed E-state index contributed by atoms with van der Waals surface area (Å²) in [4.78, 5) is 0. The molecule has 90 valence electrons. The monoisotopic (exact) mass is 221 g/mol. The molecule has 0 amide bonds. The first-order valence-corrected chi connectivity index (χ1v) is 5.81. The minimum Gasteiger partial charge on any atom is -0.496 e. The lowest BCUT2D eigenvalue weighted by atomic mass is 9.85. The topological polar surface area (TPSA) is 21.3 Å². The van der Waals surface area contributed by atoms with Crippen molar-refractivity contribution in [1.29, 1.82) is 0 Å². The molecule has 1 aromatic carbocycles. The van der Waals surface area contributed by atoms with Gasteiger partial charge in [0, 0.05) is 0 Å². The Balaban J connectivity index is 3.11. The summed E-state index contributed by atoms with van der Waals surface area (Å²) >= 11 is 0. The average Bonchev–Trinajstić information content (AvgIpc) is 2.24. The normalized spacial score (nSPS) is 11.6. The van der Waals surface area contributed by atoms with E-state index >= 15 is 0 Å². The number of likely N-dealkylation sites (N-methyl/N-ethyl adjacent to an activating group) is 1. The molecule has 0 heterocycles. The van der Waals surface area contributed by atoms with Gasteiger partial charge in [0.05, 0.1) is 7.11 Å². The van der Waals surface area contributed by atoms with Gasteiger partial charge in [-0.2, -0.15) is 0 Å². The number of rotatable bonds is 4. The molecule has 1 N–H and O–H groups in total. The first-order valence-electron chi connectivity index (χ1n) is 5.81.